The summed E-state index contributed by atoms with van der Waals surface area (Å²) in [6.07, 6.45) is 1.93. The van der Waals surface area contributed by atoms with Crippen molar-refractivity contribution in [3.05, 3.63) is 35.4 Å². The first-order chi connectivity index (χ1) is 9.06. The quantitative estimate of drug-likeness (QED) is 0.767. The van der Waals surface area contributed by atoms with Crippen molar-refractivity contribution in [1.29, 1.82) is 0 Å². The minimum absolute atomic E-state index is 0.0806. The lowest BCUT2D eigenvalue weighted by Gasteiger charge is -2.29. The zero-order valence-corrected chi connectivity index (χ0v) is 11.6. The van der Waals surface area contributed by atoms with Crippen LogP contribution in [0.4, 0.5) is 0 Å². The van der Waals surface area contributed by atoms with E-state index >= 15 is 0 Å². The number of carbonyl (C=O) groups is 1. The first-order valence-corrected chi connectivity index (χ1v) is 6.92. The highest BCUT2D eigenvalue weighted by Crippen LogP contribution is 2.14. The number of carbonyl (C=O) groups excluding carboxylic acids is 1. The van der Waals surface area contributed by atoms with Crippen molar-refractivity contribution in [1.82, 2.24) is 10.6 Å². The summed E-state index contributed by atoms with van der Waals surface area (Å²) in [6.45, 7) is 5.11. The lowest BCUT2D eigenvalue weighted by Crippen LogP contribution is -2.48. The van der Waals surface area contributed by atoms with Crippen LogP contribution < -0.4 is 16.4 Å². The third-order valence-electron chi connectivity index (χ3n) is 3.69. The van der Waals surface area contributed by atoms with Crippen molar-refractivity contribution >= 4 is 5.91 Å². The molecule has 4 heteroatoms. The molecule has 3 unspecified atom stereocenters. The van der Waals surface area contributed by atoms with E-state index in [4.69, 9.17) is 5.73 Å². The van der Waals surface area contributed by atoms with Gasteiger partial charge in [0.2, 0.25) is 5.91 Å². The molecule has 1 aromatic rings. The molecule has 1 amide bonds. The van der Waals surface area contributed by atoms with Crippen molar-refractivity contribution in [2.45, 2.75) is 44.8 Å². The fraction of sp³-hybridized carbons (Fsp3) is 0.533. The Morgan fingerprint density at radius 3 is 2.74 bits per heavy atom. The molecule has 1 aromatic carbocycles. The zero-order chi connectivity index (χ0) is 13.8. The van der Waals surface area contributed by atoms with Crippen molar-refractivity contribution in [3.63, 3.8) is 0 Å². The van der Waals surface area contributed by atoms with Crippen molar-refractivity contribution in [3.8, 4) is 0 Å². The van der Waals surface area contributed by atoms with E-state index in [0.29, 0.717) is 6.04 Å². The van der Waals surface area contributed by atoms with E-state index in [0.717, 1.165) is 24.9 Å². The molecule has 2 rings (SSSR count). The summed E-state index contributed by atoms with van der Waals surface area (Å²) in [5.41, 5.74) is 8.05. The number of aryl methyl sites for hydroxylation is 1. The molecule has 19 heavy (non-hydrogen) atoms. The van der Waals surface area contributed by atoms with Crippen LogP contribution in [0.1, 0.15) is 36.9 Å². The Morgan fingerprint density at radius 2 is 2.11 bits per heavy atom. The first-order valence-electron chi connectivity index (χ1n) is 6.92. The van der Waals surface area contributed by atoms with E-state index in [9.17, 15) is 4.79 Å². The van der Waals surface area contributed by atoms with Crippen LogP contribution in [0.3, 0.4) is 0 Å². The fourth-order valence-corrected chi connectivity index (χ4v) is 2.48. The molecule has 0 aromatic heterocycles. The fourth-order valence-electron chi connectivity index (χ4n) is 2.48. The van der Waals surface area contributed by atoms with Crippen LogP contribution in [0.2, 0.25) is 0 Å². The van der Waals surface area contributed by atoms with Gasteiger partial charge in [-0.15, -0.1) is 0 Å². The molecular weight excluding hydrogens is 238 g/mol. The second-order valence-electron chi connectivity index (χ2n) is 5.47. The lowest BCUT2D eigenvalue weighted by atomic mass is 9.99. The summed E-state index contributed by atoms with van der Waals surface area (Å²) in [5.74, 6) is -0.0806. The molecule has 1 saturated heterocycles. The number of piperidine rings is 1. The molecular formula is C15H23N3O. The Balaban J connectivity index is 1.93. The molecule has 0 radical (unpaired) electrons. The Morgan fingerprint density at radius 1 is 1.42 bits per heavy atom. The molecule has 1 aliphatic rings. The highest BCUT2D eigenvalue weighted by atomic mass is 16.2. The average molecular weight is 261 g/mol. The third-order valence-corrected chi connectivity index (χ3v) is 3.69. The summed E-state index contributed by atoms with van der Waals surface area (Å²) >= 11 is 0. The number of hydrogen-bond acceptors (Lipinski definition) is 3. The van der Waals surface area contributed by atoms with Gasteiger partial charge in [0.25, 0.3) is 0 Å². The number of hydrogen-bond donors (Lipinski definition) is 3. The average Bonchev–Trinajstić information content (AvgIpc) is 2.39. The van der Waals surface area contributed by atoms with Gasteiger partial charge in [0, 0.05) is 12.1 Å². The lowest BCUT2D eigenvalue weighted by molar-refractivity contribution is -0.123. The molecule has 0 spiro atoms. The molecule has 3 atom stereocenters. The molecule has 0 bridgehead atoms. The normalized spacial score (nSPS) is 24.8. The Bertz CT molecular complexity index is 430. The summed E-state index contributed by atoms with van der Waals surface area (Å²) in [7, 11) is 0. The summed E-state index contributed by atoms with van der Waals surface area (Å²) in [4.78, 5) is 12.1. The molecule has 0 saturated carbocycles. The van der Waals surface area contributed by atoms with Crippen LogP contribution in [0.15, 0.2) is 24.3 Å². The van der Waals surface area contributed by atoms with Gasteiger partial charge in [0.1, 0.15) is 6.04 Å². The topological polar surface area (TPSA) is 67.2 Å². The minimum atomic E-state index is -0.578. The molecule has 1 heterocycles. The van der Waals surface area contributed by atoms with Crippen LogP contribution in [0.5, 0.6) is 0 Å². The van der Waals surface area contributed by atoms with Crippen molar-refractivity contribution < 1.29 is 4.79 Å². The SMILES string of the molecule is Cc1ccc(C(N)C(=O)NC2CCNC(C)C2)cc1. The zero-order valence-electron chi connectivity index (χ0n) is 11.6. The van der Waals surface area contributed by atoms with Crippen LogP contribution >= 0.6 is 0 Å². The maximum atomic E-state index is 12.1. The van der Waals surface area contributed by atoms with Crippen LogP contribution in [0, 0.1) is 6.92 Å². The van der Waals surface area contributed by atoms with Crippen molar-refractivity contribution in [2.75, 3.05) is 6.54 Å². The largest absolute Gasteiger partial charge is 0.352 e. The third kappa shape index (κ3) is 3.78. The minimum Gasteiger partial charge on any atom is -0.352 e. The second kappa shape index (κ2) is 6.17. The van der Waals surface area contributed by atoms with Gasteiger partial charge in [-0.2, -0.15) is 0 Å². The number of benzene rings is 1. The van der Waals surface area contributed by atoms with Crippen LogP contribution in [-0.4, -0.2) is 24.5 Å². The monoisotopic (exact) mass is 261 g/mol. The van der Waals surface area contributed by atoms with Gasteiger partial charge in [-0.25, -0.2) is 0 Å². The second-order valence-corrected chi connectivity index (χ2v) is 5.47. The van der Waals surface area contributed by atoms with E-state index in [1.165, 1.54) is 5.56 Å². The smallest absolute Gasteiger partial charge is 0.241 e. The molecule has 1 fully saturated rings. The van der Waals surface area contributed by atoms with E-state index in [2.05, 4.69) is 17.6 Å². The predicted octanol–water partition coefficient (Wildman–Crippen LogP) is 1.25. The van der Waals surface area contributed by atoms with E-state index in [1.807, 2.05) is 31.2 Å². The van der Waals surface area contributed by atoms with Gasteiger partial charge in [-0.05, 0) is 38.8 Å². The Kier molecular flexibility index (Phi) is 4.56. The van der Waals surface area contributed by atoms with Gasteiger partial charge >= 0.3 is 0 Å². The molecule has 104 valence electrons. The van der Waals surface area contributed by atoms with Gasteiger partial charge in [-0.3, -0.25) is 4.79 Å². The summed E-state index contributed by atoms with van der Waals surface area (Å²) < 4.78 is 0. The molecule has 4 nitrogen and oxygen atoms in total. The Labute approximate surface area is 114 Å². The summed E-state index contributed by atoms with van der Waals surface area (Å²) in [5, 5.41) is 6.43. The Hall–Kier alpha value is -1.39. The standard InChI is InChI=1S/C15H23N3O/c1-10-3-5-12(6-4-10)14(16)15(19)18-13-7-8-17-11(2)9-13/h3-6,11,13-14,17H,7-9,16H2,1-2H3,(H,18,19). The molecule has 1 aliphatic heterocycles. The molecule has 0 aliphatic carbocycles. The van der Waals surface area contributed by atoms with E-state index in [1.54, 1.807) is 0 Å². The van der Waals surface area contributed by atoms with Gasteiger partial charge in [-0.1, -0.05) is 29.8 Å². The first kappa shape index (κ1) is 14.0. The maximum Gasteiger partial charge on any atom is 0.241 e. The summed E-state index contributed by atoms with van der Waals surface area (Å²) in [6, 6.07) is 7.92. The maximum absolute atomic E-state index is 12.1. The highest BCUT2D eigenvalue weighted by Gasteiger charge is 2.23. The number of amides is 1. The van der Waals surface area contributed by atoms with Gasteiger partial charge in [0.15, 0.2) is 0 Å². The van der Waals surface area contributed by atoms with E-state index in [-0.39, 0.29) is 11.9 Å². The highest BCUT2D eigenvalue weighted by molar-refractivity contribution is 5.83. The number of rotatable bonds is 3. The predicted molar refractivity (Wildman–Crippen MR) is 76.7 cm³/mol. The van der Waals surface area contributed by atoms with Crippen LogP contribution in [-0.2, 0) is 4.79 Å². The van der Waals surface area contributed by atoms with Crippen LogP contribution in [0.25, 0.3) is 0 Å². The number of nitrogens with one attached hydrogen (secondary N) is 2. The molecule has 4 N–H and O–H groups in total. The van der Waals surface area contributed by atoms with Gasteiger partial charge in [0.05, 0.1) is 0 Å². The van der Waals surface area contributed by atoms with Gasteiger partial charge < -0.3 is 16.4 Å². The van der Waals surface area contributed by atoms with E-state index < -0.39 is 6.04 Å². The number of nitrogens with two attached hydrogens (primary N) is 1. The van der Waals surface area contributed by atoms with Crippen molar-refractivity contribution in [2.24, 2.45) is 5.73 Å².